The van der Waals surface area contributed by atoms with Crippen molar-refractivity contribution in [3.63, 3.8) is 0 Å². The monoisotopic (exact) mass is 303 g/mol. The molecule has 1 N–H and O–H groups in total. The van der Waals surface area contributed by atoms with Crippen LogP contribution >= 0.6 is 0 Å². The van der Waals surface area contributed by atoms with Crippen molar-refractivity contribution in [1.82, 2.24) is 5.32 Å². The van der Waals surface area contributed by atoms with Crippen molar-refractivity contribution in [2.75, 3.05) is 20.8 Å². The molecule has 0 saturated heterocycles. The molecule has 7 heteroatoms. The molecule has 0 saturated carbocycles. The van der Waals surface area contributed by atoms with Gasteiger partial charge in [0.25, 0.3) is 5.91 Å². The van der Waals surface area contributed by atoms with Gasteiger partial charge in [-0.15, -0.1) is 0 Å². The molecule has 0 radical (unpaired) electrons. The fourth-order valence-electron chi connectivity index (χ4n) is 1.71. The predicted molar refractivity (Wildman–Crippen MR) is 72.6 cm³/mol. The molecule has 21 heavy (non-hydrogen) atoms. The molecule has 0 aromatic heterocycles. The maximum atomic E-state index is 12.1. The number of rotatable bonds is 5. The molecule has 0 aliphatic rings. The highest BCUT2D eigenvalue weighted by Gasteiger charge is 2.28. The largest absolute Gasteiger partial charge is 0.493 e. The van der Waals surface area contributed by atoms with Gasteiger partial charge in [-0.2, -0.15) is 13.2 Å². The summed E-state index contributed by atoms with van der Waals surface area (Å²) < 4.78 is 46.7. The van der Waals surface area contributed by atoms with Crippen LogP contribution < -0.4 is 14.8 Å². The lowest BCUT2D eigenvalue weighted by Crippen LogP contribution is -2.33. The van der Waals surface area contributed by atoms with Gasteiger partial charge in [0.05, 0.1) is 14.2 Å². The number of carbonyl (C=O) groups excluding carboxylic acids is 1. The van der Waals surface area contributed by atoms with E-state index >= 15 is 0 Å². The van der Waals surface area contributed by atoms with Crippen LogP contribution in [0.4, 0.5) is 13.2 Å². The Bertz CT molecular complexity index is 539. The minimum atomic E-state index is -4.46. The maximum absolute atomic E-state index is 12.1. The summed E-state index contributed by atoms with van der Waals surface area (Å²) in [6, 6.07) is 2.77. The Labute approximate surface area is 120 Å². The van der Waals surface area contributed by atoms with Gasteiger partial charge in [0.2, 0.25) is 0 Å². The van der Waals surface area contributed by atoms with Gasteiger partial charge in [-0.25, -0.2) is 0 Å². The summed E-state index contributed by atoms with van der Waals surface area (Å²) in [7, 11) is 2.82. The van der Waals surface area contributed by atoms with Crippen LogP contribution in [-0.2, 0) is 0 Å². The average molecular weight is 303 g/mol. The van der Waals surface area contributed by atoms with Crippen molar-refractivity contribution in [2.24, 2.45) is 0 Å². The topological polar surface area (TPSA) is 47.6 Å². The summed E-state index contributed by atoms with van der Waals surface area (Å²) in [5, 5.41) is 1.81. The summed E-state index contributed by atoms with van der Waals surface area (Å²) in [5.41, 5.74) is 0.599. The van der Waals surface area contributed by atoms with E-state index in [4.69, 9.17) is 9.47 Å². The average Bonchev–Trinajstić information content (AvgIpc) is 2.43. The Morgan fingerprint density at radius 2 is 1.95 bits per heavy atom. The second kappa shape index (κ2) is 7.01. The molecule has 116 valence electrons. The standard InChI is InChI=1S/C14H16F3NO3/c1-4-5-9-6-10(7-11(20-2)12(9)21-3)13(19)18-8-14(15,16)17/h4-7H,8H2,1-3H3,(H,18,19)/b5-4+. The van der Waals surface area contributed by atoms with Crippen molar-refractivity contribution < 1.29 is 27.4 Å². The summed E-state index contributed by atoms with van der Waals surface area (Å²) >= 11 is 0. The first-order chi connectivity index (χ1) is 9.82. The Morgan fingerprint density at radius 1 is 1.29 bits per heavy atom. The van der Waals surface area contributed by atoms with Gasteiger partial charge in [-0.1, -0.05) is 12.2 Å². The van der Waals surface area contributed by atoms with Crippen molar-refractivity contribution in [3.05, 3.63) is 29.3 Å². The van der Waals surface area contributed by atoms with Crippen LogP contribution in [0.15, 0.2) is 18.2 Å². The van der Waals surface area contributed by atoms with E-state index in [0.717, 1.165) is 0 Å². The molecule has 0 fully saturated rings. The van der Waals surface area contributed by atoms with Crippen molar-refractivity contribution in [2.45, 2.75) is 13.1 Å². The molecule has 1 amide bonds. The molecule has 0 unspecified atom stereocenters. The number of halogens is 3. The molecular weight excluding hydrogens is 287 g/mol. The second-order valence-electron chi connectivity index (χ2n) is 4.10. The Morgan fingerprint density at radius 3 is 2.43 bits per heavy atom. The van der Waals surface area contributed by atoms with E-state index in [0.29, 0.717) is 11.3 Å². The lowest BCUT2D eigenvalue weighted by molar-refractivity contribution is -0.123. The van der Waals surface area contributed by atoms with Gasteiger partial charge in [-0.05, 0) is 19.1 Å². The third-order valence-corrected chi connectivity index (χ3v) is 2.57. The zero-order valence-corrected chi connectivity index (χ0v) is 11.9. The number of benzene rings is 1. The molecule has 1 rings (SSSR count). The van der Waals surface area contributed by atoms with E-state index in [1.165, 1.54) is 26.4 Å². The zero-order valence-electron chi connectivity index (χ0n) is 11.9. The van der Waals surface area contributed by atoms with Gasteiger partial charge in [0.15, 0.2) is 11.5 Å². The van der Waals surface area contributed by atoms with Crippen LogP contribution in [0.2, 0.25) is 0 Å². The van der Waals surface area contributed by atoms with Crippen LogP contribution in [0.3, 0.4) is 0 Å². The smallest absolute Gasteiger partial charge is 0.405 e. The van der Waals surface area contributed by atoms with Crippen molar-refractivity contribution in [1.29, 1.82) is 0 Å². The van der Waals surface area contributed by atoms with Crippen LogP contribution in [0, 0.1) is 0 Å². The van der Waals surface area contributed by atoms with Gasteiger partial charge in [-0.3, -0.25) is 4.79 Å². The Balaban J connectivity index is 3.13. The fraction of sp³-hybridized carbons (Fsp3) is 0.357. The normalized spacial score (nSPS) is 11.5. The summed E-state index contributed by atoms with van der Waals surface area (Å²) in [6.07, 6.45) is -1.07. The van der Waals surface area contributed by atoms with Crippen molar-refractivity contribution in [3.8, 4) is 11.5 Å². The number of methoxy groups -OCH3 is 2. The quantitative estimate of drug-likeness (QED) is 0.909. The highest BCUT2D eigenvalue weighted by molar-refractivity contribution is 5.96. The van der Waals surface area contributed by atoms with Crippen LogP contribution in [0.1, 0.15) is 22.8 Å². The third kappa shape index (κ3) is 4.70. The highest BCUT2D eigenvalue weighted by Crippen LogP contribution is 2.33. The maximum Gasteiger partial charge on any atom is 0.405 e. The molecule has 0 aliphatic heterocycles. The lowest BCUT2D eigenvalue weighted by Gasteiger charge is -2.14. The lowest BCUT2D eigenvalue weighted by atomic mass is 10.1. The number of allylic oxidation sites excluding steroid dienone is 1. The molecule has 1 aromatic rings. The van der Waals surface area contributed by atoms with Gasteiger partial charge < -0.3 is 14.8 Å². The molecular formula is C14H16F3NO3. The number of carbonyl (C=O) groups is 1. The summed E-state index contributed by atoms with van der Waals surface area (Å²) in [4.78, 5) is 11.8. The first-order valence-electron chi connectivity index (χ1n) is 6.06. The first-order valence-corrected chi connectivity index (χ1v) is 6.06. The van der Waals surface area contributed by atoms with E-state index in [9.17, 15) is 18.0 Å². The minimum Gasteiger partial charge on any atom is -0.493 e. The SMILES string of the molecule is C/C=C/c1cc(C(=O)NCC(F)(F)F)cc(OC)c1OC. The van der Waals surface area contributed by atoms with Crippen molar-refractivity contribution >= 4 is 12.0 Å². The molecule has 1 aromatic carbocycles. The molecule has 0 aliphatic carbocycles. The first kappa shape index (κ1) is 16.9. The predicted octanol–water partition coefficient (Wildman–Crippen LogP) is 3.03. The number of amides is 1. The van der Waals surface area contributed by atoms with Gasteiger partial charge in [0.1, 0.15) is 6.54 Å². The number of hydrogen-bond acceptors (Lipinski definition) is 3. The van der Waals surface area contributed by atoms with E-state index in [1.807, 2.05) is 5.32 Å². The molecule has 0 bridgehead atoms. The van der Waals surface area contributed by atoms with E-state index < -0.39 is 18.6 Å². The molecule has 4 nitrogen and oxygen atoms in total. The third-order valence-electron chi connectivity index (χ3n) is 2.57. The molecule has 0 spiro atoms. The number of ether oxygens (including phenoxy) is 2. The van der Waals surface area contributed by atoms with E-state index in [2.05, 4.69) is 0 Å². The zero-order chi connectivity index (χ0) is 16.0. The fourth-order valence-corrected chi connectivity index (χ4v) is 1.71. The van der Waals surface area contributed by atoms with E-state index in [-0.39, 0.29) is 11.3 Å². The summed E-state index contributed by atoms with van der Waals surface area (Å²) in [6.45, 7) is 0.376. The number of hydrogen-bond donors (Lipinski definition) is 1. The second-order valence-corrected chi connectivity index (χ2v) is 4.10. The van der Waals surface area contributed by atoms with Crippen LogP contribution in [0.25, 0.3) is 6.08 Å². The minimum absolute atomic E-state index is 0.0602. The van der Waals surface area contributed by atoms with Gasteiger partial charge >= 0.3 is 6.18 Å². The molecule has 0 heterocycles. The molecule has 0 atom stereocenters. The Hall–Kier alpha value is -2.18. The summed E-state index contributed by atoms with van der Waals surface area (Å²) in [5.74, 6) is -0.160. The highest BCUT2D eigenvalue weighted by atomic mass is 19.4. The number of nitrogens with one attached hydrogen (secondary N) is 1. The van der Waals surface area contributed by atoms with Gasteiger partial charge in [0, 0.05) is 11.1 Å². The van der Waals surface area contributed by atoms with E-state index in [1.54, 1.807) is 19.1 Å². The van der Waals surface area contributed by atoms with Crippen LogP contribution in [0.5, 0.6) is 11.5 Å². The number of alkyl halides is 3. The Kier molecular flexibility index (Phi) is 5.63. The van der Waals surface area contributed by atoms with Crippen LogP contribution in [-0.4, -0.2) is 32.8 Å².